The molecule has 0 aliphatic carbocycles. The van der Waals surface area contributed by atoms with Crippen LogP contribution in [0, 0.1) is 11.8 Å². The molecule has 0 amide bonds. The van der Waals surface area contributed by atoms with Crippen molar-refractivity contribution in [3.05, 3.63) is 29.3 Å². The third kappa shape index (κ3) is 1.56. The van der Waals surface area contributed by atoms with E-state index in [4.69, 9.17) is 4.98 Å². The van der Waals surface area contributed by atoms with Gasteiger partial charge in [-0.25, -0.2) is 4.98 Å². The normalized spacial score (nSPS) is 36.0. The van der Waals surface area contributed by atoms with Crippen molar-refractivity contribution in [3.63, 3.8) is 0 Å². The molecule has 3 saturated heterocycles. The summed E-state index contributed by atoms with van der Waals surface area (Å²) in [6.45, 7) is 3.55. The number of nitrogens with one attached hydrogen (secondary N) is 1. The van der Waals surface area contributed by atoms with Gasteiger partial charge >= 0.3 is 0 Å². The minimum atomic E-state index is 0.812. The number of nitrogens with zero attached hydrogens (tertiary/aromatic N) is 2. The van der Waals surface area contributed by atoms with E-state index in [9.17, 15) is 0 Å². The monoisotopic (exact) mass is 285 g/mol. The van der Waals surface area contributed by atoms with Crippen LogP contribution >= 0.6 is 11.3 Å². The molecule has 4 atom stereocenters. The maximum atomic E-state index is 4.83. The Morgan fingerprint density at radius 3 is 2.65 bits per heavy atom. The van der Waals surface area contributed by atoms with Gasteiger partial charge in [-0.15, -0.1) is 11.3 Å². The molecule has 3 aliphatic rings. The first-order valence-corrected chi connectivity index (χ1v) is 8.53. The average molecular weight is 285 g/mol. The summed E-state index contributed by atoms with van der Waals surface area (Å²) in [6, 6.07) is 10.1. The molecule has 104 valence electrons. The number of para-hydroxylation sites is 1. The second-order valence-corrected chi connectivity index (χ2v) is 7.56. The van der Waals surface area contributed by atoms with Gasteiger partial charge in [0.1, 0.15) is 5.01 Å². The molecule has 1 N–H and O–H groups in total. The molecular weight excluding hydrogens is 266 g/mol. The molecule has 20 heavy (non-hydrogen) atoms. The molecule has 4 heterocycles. The van der Waals surface area contributed by atoms with Gasteiger partial charge in [0.2, 0.25) is 0 Å². The van der Waals surface area contributed by atoms with Crippen LogP contribution in [-0.4, -0.2) is 35.1 Å². The fraction of sp³-hybridized carbons (Fsp3) is 0.562. The van der Waals surface area contributed by atoms with Crippen LogP contribution in [0.3, 0.4) is 0 Å². The molecule has 3 fully saturated rings. The van der Waals surface area contributed by atoms with Gasteiger partial charge in [-0.2, -0.15) is 0 Å². The van der Waals surface area contributed by atoms with Gasteiger partial charge in [-0.3, -0.25) is 4.90 Å². The van der Waals surface area contributed by atoms with Crippen molar-refractivity contribution in [1.29, 1.82) is 0 Å². The lowest BCUT2D eigenvalue weighted by molar-refractivity contribution is 0.218. The van der Waals surface area contributed by atoms with E-state index in [0.717, 1.165) is 30.5 Å². The van der Waals surface area contributed by atoms with Crippen molar-refractivity contribution in [2.45, 2.75) is 31.5 Å². The number of hydrogen-bond acceptors (Lipinski definition) is 4. The maximum Gasteiger partial charge on any atom is 0.108 e. The van der Waals surface area contributed by atoms with E-state index in [0.29, 0.717) is 0 Å². The Labute approximate surface area is 123 Å². The molecule has 3 nitrogen and oxygen atoms in total. The van der Waals surface area contributed by atoms with Crippen LogP contribution in [0.1, 0.15) is 17.8 Å². The highest BCUT2D eigenvalue weighted by atomic mass is 32.1. The highest BCUT2D eigenvalue weighted by Crippen LogP contribution is 2.48. The lowest BCUT2D eigenvalue weighted by Crippen LogP contribution is -2.33. The number of aromatic nitrogens is 1. The van der Waals surface area contributed by atoms with Gasteiger partial charge in [0.05, 0.1) is 16.8 Å². The Bertz CT molecular complexity index is 601. The summed E-state index contributed by atoms with van der Waals surface area (Å²) < 4.78 is 1.33. The second kappa shape index (κ2) is 4.26. The molecule has 4 unspecified atom stereocenters. The van der Waals surface area contributed by atoms with Gasteiger partial charge in [0.25, 0.3) is 0 Å². The van der Waals surface area contributed by atoms with Gasteiger partial charge in [-0.1, -0.05) is 12.1 Å². The summed E-state index contributed by atoms with van der Waals surface area (Å²) in [5.74, 6) is 1.81. The second-order valence-electron chi connectivity index (χ2n) is 6.45. The zero-order chi connectivity index (χ0) is 13.1. The SMILES string of the molecule is c1ccc2sc(CN3C4CCC3C3CNCC34)nc2c1. The first kappa shape index (κ1) is 11.7. The first-order chi connectivity index (χ1) is 9.90. The summed E-state index contributed by atoms with van der Waals surface area (Å²) in [5, 5.41) is 4.89. The molecular formula is C16H19N3S. The number of fused-ring (bicyclic) bond motifs is 6. The maximum absolute atomic E-state index is 4.83. The highest BCUT2D eigenvalue weighted by Gasteiger charge is 2.54. The molecule has 2 bridgehead atoms. The van der Waals surface area contributed by atoms with E-state index in [1.807, 2.05) is 11.3 Å². The van der Waals surface area contributed by atoms with Gasteiger partial charge in [0.15, 0.2) is 0 Å². The predicted molar refractivity (Wildman–Crippen MR) is 81.8 cm³/mol. The third-order valence-electron chi connectivity index (χ3n) is 5.56. The van der Waals surface area contributed by atoms with Crippen LogP contribution in [0.2, 0.25) is 0 Å². The van der Waals surface area contributed by atoms with Crippen LogP contribution in [-0.2, 0) is 6.54 Å². The van der Waals surface area contributed by atoms with E-state index >= 15 is 0 Å². The number of hydrogen-bond donors (Lipinski definition) is 1. The molecule has 0 spiro atoms. The largest absolute Gasteiger partial charge is 0.316 e. The Balaban J connectivity index is 1.44. The first-order valence-electron chi connectivity index (χ1n) is 7.71. The minimum Gasteiger partial charge on any atom is -0.316 e. The number of thiazole rings is 1. The molecule has 1 aromatic carbocycles. The Morgan fingerprint density at radius 1 is 1.15 bits per heavy atom. The van der Waals surface area contributed by atoms with Gasteiger partial charge in [-0.05, 0) is 49.9 Å². The molecule has 4 heteroatoms. The summed E-state index contributed by atoms with van der Waals surface area (Å²) in [7, 11) is 0. The van der Waals surface area contributed by atoms with E-state index in [-0.39, 0.29) is 0 Å². The van der Waals surface area contributed by atoms with Crippen molar-refractivity contribution < 1.29 is 0 Å². The quantitative estimate of drug-likeness (QED) is 0.919. The van der Waals surface area contributed by atoms with E-state index in [1.54, 1.807) is 0 Å². The third-order valence-corrected chi connectivity index (χ3v) is 6.59. The topological polar surface area (TPSA) is 28.2 Å². The van der Waals surface area contributed by atoms with Gasteiger partial charge in [0, 0.05) is 12.1 Å². The molecule has 0 saturated carbocycles. The smallest absolute Gasteiger partial charge is 0.108 e. The standard InChI is InChI=1S/C16H19N3S/c1-2-4-15-12(3-1)18-16(20-15)9-19-13-5-6-14(19)11-8-17-7-10(11)13/h1-4,10-11,13-14,17H,5-9H2. The Kier molecular flexibility index (Phi) is 2.49. The zero-order valence-electron chi connectivity index (χ0n) is 11.5. The van der Waals surface area contributed by atoms with Crippen LogP contribution in [0.5, 0.6) is 0 Å². The average Bonchev–Trinajstić information content (AvgIpc) is 3.18. The van der Waals surface area contributed by atoms with Crippen molar-refractivity contribution in [2.24, 2.45) is 11.8 Å². The lowest BCUT2D eigenvalue weighted by atomic mass is 9.82. The minimum absolute atomic E-state index is 0.812. The molecule has 0 radical (unpaired) electrons. The van der Waals surface area contributed by atoms with Crippen LogP contribution < -0.4 is 5.32 Å². The Morgan fingerprint density at radius 2 is 1.90 bits per heavy atom. The van der Waals surface area contributed by atoms with Crippen LogP contribution in [0.15, 0.2) is 24.3 Å². The van der Waals surface area contributed by atoms with Crippen LogP contribution in [0.25, 0.3) is 10.2 Å². The summed E-state index contributed by atoms with van der Waals surface area (Å²) in [6.07, 6.45) is 2.80. The molecule has 3 aliphatic heterocycles. The molecule has 5 rings (SSSR count). The van der Waals surface area contributed by atoms with Crippen molar-refractivity contribution in [2.75, 3.05) is 13.1 Å². The zero-order valence-corrected chi connectivity index (χ0v) is 12.3. The van der Waals surface area contributed by atoms with Crippen molar-refractivity contribution in [3.8, 4) is 0 Å². The predicted octanol–water partition coefficient (Wildman–Crippen LogP) is 2.48. The van der Waals surface area contributed by atoms with Gasteiger partial charge < -0.3 is 5.32 Å². The Hall–Kier alpha value is -0.970. The van der Waals surface area contributed by atoms with E-state index < -0.39 is 0 Å². The van der Waals surface area contributed by atoms with E-state index in [1.165, 1.54) is 41.2 Å². The van der Waals surface area contributed by atoms with Crippen molar-refractivity contribution >= 4 is 21.6 Å². The lowest BCUT2D eigenvalue weighted by Gasteiger charge is -2.22. The number of rotatable bonds is 2. The summed E-state index contributed by atoms with van der Waals surface area (Å²) in [5.41, 5.74) is 1.17. The molecule has 1 aromatic heterocycles. The van der Waals surface area contributed by atoms with E-state index in [2.05, 4.69) is 34.5 Å². The fourth-order valence-corrected chi connectivity index (χ4v) is 5.76. The highest BCUT2D eigenvalue weighted by molar-refractivity contribution is 7.18. The fourth-order valence-electron chi connectivity index (χ4n) is 4.78. The summed E-state index contributed by atoms with van der Waals surface area (Å²) in [4.78, 5) is 7.60. The molecule has 2 aromatic rings. The number of benzene rings is 1. The summed E-state index contributed by atoms with van der Waals surface area (Å²) >= 11 is 1.88. The van der Waals surface area contributed by atoms with Crippen LogP contribution in [0.4, 0.5) is 0 Å². The van der Waals surface area contributed by atoms with Crippen molar-refractivity contribution in [1.82, 2.24) is 15.2 Å².